The molecule has 108 valence electrons. The summed E-state index contributed by atoms with van der Waals surface area (Å²) in [4.78, 5) is 12.3. The molecule has 20 heavy (non-hydrogen) atoms. The van der Waals surface area contributed by atoms with Gasteiger partial charge in [-0.05, 0) is 18.4 Å². The Balaban J connectivity index is 2.68. The van der Waals surface area contributed by atoms with Gasteiger partial charge in [-0.15, -0.1) is 0 Å². The van der Waals surface area contributed by atoms with Crippen LogP contribution in [0.25, 0.3) is 0 Å². The topological polar surface area (TPSA) is 52.9 Å². The SMILES string of the molecule is CCCCC(CCC)NC(=O)C(C#N)c1ccccc1. The van der Waals surface area contributed by atoms with E-state index in [1.54, 1.807) is 0 Å². The van der Waals surface area contributed by atoms with Gasteiger partial charge in [-0.1, -0.05) is 63.4 Å². The van der Waals surface area contributed by atoms with Crippen LogP contribution in [0.4, 0.5) is 0 Å². The highest BCUT2D eigenvalue weighted by molar-refractivity contribution is 5.86. The molecule has 1 aromatic rings. The largest absolute Gasteiger partial charge is 0.352 e. The first-order valence-electron chi connectivity index (χ1n) is 7.47. The van der Waals surface area contributed by atoms with Crippen LogP contribution in [0.15, 0.2) is 30.3 Å². The van der Waals surface area contributed by atoms with Crippen molar-refractivity contribution in [3.8, 4) is 6.07 Å². The smallest absolute Gasteiger partial charge is 0.242 e. The molecule has 1 aromatic carbocycles. The molecule has 0 saturated carbocycles. The minimum absolute atomic E-state index is 0.173. The summed E-state index contributed by atoms with van der Waals surface area (Å²) in [5.74, 6) is -0.884. The molecule has 0 fully saturated rings. The normalized spacial score (nSPS) is 13.2. The van der Waals surface area contributed by atoms with E-state index in [-0.39, 0.29) is 11.9 Å². The van der Waals surface area contributed by atoms with Gasteiger partial charge in [0, 0.05) is 6.04 Å². The van der Waals surface area contributed by atoms with Gasteiger partial charge in [0.2, 0.25) is 5.91 Å². The molecule has 1 amide bonds. The molecule has 3 nitrogen and oxygen atoms in total. The summed E-state index contributed by atoms with van der Waals surface area (Å²) in [6, 6.07) is 11.5. The summed E-state index contributed by atoms with van der Waals surface area (Å²) in [7, 11) is 0. The van der Waals surface area contributed by atoms with E-state index in [0.29, 0.717) is 0 Å². The molecule has 0 bridgehead atoms. The predicted molar refractivity (Wildman–Crippen MR) is 81.2 cm³/mol. The van der Waals surface area contributed by atoms with Crippen LogP contribution in [-0.4, -0.2) is 11.9 Å². The lowest BCUT2D eigenvalue weighted by molar-refractivity contribution is -0.122. The van der Waals surface area contributed by atoms with Crippen molar-refractivity contribution in [2.75, 3.05) is 0 Å². The molecule has 2 atom stereocenters. The Bertz CT molecular complexity index is 436. The Kier molecular flexibility index (Phi) is 7.42. The maximum Gasteiger partial charge on any atom is 0.242 e. The minimum Gasteiger partial charge on any atom is -0.352 e. The van der Waals surface area contributed by atoms with E-state index in [2.05, 4.69) is 25.2 Å². The van der Waals surface area contributed by atoms with Gasteiger partial charge in [-0.25, -0.2) is 0 Å². The Morgan fingerprint density at radius 2 is 1.90 bits per heavy atom. The third-order valence-corrected chi connectivity index (χ3v) is 3.41. The Hall–Kier alpha value is -1.82. The Morgan fingerprint density at radius 3 is 2.45 bits per heavy atom. The molecule has 1 rings (SSSR count). The van der Waals surface area contributed by atoms with Crippen LogP contribution in [0.2, 0.25) is 0 Å². The van der Waals surface area contributed by atoms with E-state index in [1.165, 1.54) is 0 Å². The second kappa shape index (κ2) is 9.14. The average molecular weight is 272 g/mol. The lowest BCUT2D eigenvalue weighted by Crippen LogP contribution is -2.37. The van der Waals surface area contributed by atoms with Gasteiger partial charge >= 0.3 is 0 Å². The first-order chi connectivity index (χ1) is 9.72. The third kappa shape index (κ3) is 5.05. The number of nitrogens with one attached hydrogen (secondary N) is 1. The molecule has 0 saturated heterocycles. The molecule has 0 aliphatic rings. The highest BCUT2D eigenvalue weighted by Crippen LogP contribution is 2.16. The van der Waals surface area contributed by atoms with Crippen molar-refractivity contribution < 1.29 is 4.79 Å². The second-order valence-electron chi connectivity index (χ2n) is 5.11. The predicted octanol–water partition coefficient (Wildman–Crippen LogP) is 3.77. The summed E-state index contributed by atoms with van der Waals surface area (Å²) < 4.78 is 0. The fourth-order valence-electron chi connectivity index (χ4n) is 2.30. The number of unbranched alkanes of at least 4 members (excludes halogenated alkanes) is 1. The van der Waals surface area contributed by atoms with E-state index in [0.717, 1.165) is 37.7 Å². The van der Waals surface area contributed by atoms with Gasteiger partial charge in [0.15, 0.2) is 0 Å². The van der Waals surface area contributed by atoms with Crippen LogP contribution in [0.3, 0.4) is 0 Å². The number of carbonyl (C=O) groups is 1. The van der Waals surface area contributed by atoms with Crippen LogP contribution in [0, 0.1) is 11.3 Å². The summed E-state index contributed by atoms with van der Waals surface area (Å²) in [5, 5.41) is 12.3. The van der Waals surface area contributed by atoms with E-state index in [1.807, 2.05) is 30.3 Å². The molecule has 0 aliphatic heterocycles. The quantitative estimate of drug-likeness (QED) is 0.783. The number of amides is 1. The maximum atomic E-state index is 12.3. The number of hydrogen-bond donors (Lipinski definition) is 1. The molecule has 0 aromatic heterocycles. The van der Waals surface area contributed by atoms with Crippen LogP contribution in [0.5, 0.6) is 0 Å². The van der Waals surface area contributed by atoms with Gasteiger partial charge < -0.3 is 5.32 Å². The van der Waals surface area contributed by atoms with Crippen LogP contribution < -0.4 is 5.32 Å². The highest BCUT2D eigenvalue weighted by Gasteiger charge is 2.22. The molecule has 0 spiro atoms. The molecule has 1 N–H and O–H groups in total. The third-order valence-electron chi connectivity index (χ3n) is 3.41. The first-order valence-corrected chi connectivity index (χ1v) is 7.47. The lowest BCUT2D eigenvalue weighted by Gasteiger charge is -2.19. The van der Waals surface area contributed by atoms with Crippen molar-refractivity contribution in [1.82, 2.24) is 5.32 Å². The number of hydrogen-bond acceptors (Lipinski definition) is 2. The molecule has 0 aliphatic carbocycles. The number of rotatable bonds is 8. The van der Waals surface area contributed by atoms with Crippen molar-refractivity contribution >= 4 is 5.91 Å². The summed E-state index contributed by atoms with van der Waals surface area (Å²) in [5.41, 5.74) is 0.762. The van der Waals surface area contributed by atoms with Gasteiger partial charge in [-0.3, -0.25) is 4.79 Å². The van der Waals surface area contributed by atoms with Crippen molar-refractivity contribution in [2.45, 2.75) is 57.9 Å². The first kappa shape index (κ1) is 16.2. The Morgan fingerprint density at radius 1 is 1.20 bits per heavy atom. The molecule has 3 heteroatoms. The van der Waals surface area contributed by atoms with Gasteiger partial charge in [-0.2, -0.15) is 5.26 Å². The van der Waals surface area contributed by atoms with Crippen molar-refractivity contribution in [2.24, 2.45) is 0 Å². The standard InChI is InChI=1S/C17H24N2O/c1-3-5-12-15(9-4-2)19-17(20)16(13-18)14-10-7-6-8-11-14/h6-8,10-11,15-16H,3-5,9,12H2,1-2H3,(H,19,20). The summed E-state index contributed by atoms with van der Waals surface area (Å²) >= 11 is 0. The number of benzene rings is 1. The molecule has 2 unspecified atom stereocenters. The van der Waals surface area contributed by atoms with E-state index in [4.69, 9.17) is 0 Å². The molecule has 0 radical (unpaired) electrons. The zero-order valence-electron chi connectivity index (χ0n) is 12.4. The zero-order valence-corrected chi connectivity index (χ0v) is 12.4. The van der Waals surface area contributed by atoms with Crippen molar-refractivity contribution in [1.29, 1.82) is 5.26 Å². The highest BCUT2D eigenvalue weighted by atomic mass is 16.1. The van der Waals surface area contributed by atoms with Gasteiger partial charge in [0.05, 0.1) is 6.07 Å². The molecular formula is C17H24N2O. The fourth-order valence-corrected chi connectivity index (χ4v) is 2.30. The van der Waals surface area contributed by atoms with E-state index in [9.17, 15) is 10.1 Å². The van der Waals surface area contributed by atoms with Gasteiger partial charge in [0.25, 0.3) is 0 Å². The van der Waals surface area contributed by atoms with Crippen molar-refractivity contribution in [3.63, 3.8) is 0 Å². The van der Waals surface area contributed by atoms with Crippen molar-refractivity contribution in [3.05, 3.63) is 35.9 Å². The number of carbonyl (C=O) groups excluding carboxylic acids is 1. The van der Waals surface area contributed by atoms with E-state index >= 15 is 0 Å². The van der Waals surface area contributed by atoms with Crippen LogP contribution in [0.1, 0.15) is 57.4 Å². The van der Waals surface area contributed by atoms with Crippen LogP contribution in [-0.2, 0) is 4.79 Å². The number of nitrogens with zero attached hydrogens (tertiary/aromatic N) is 1. The zero-order chi connectivity index (χ0) is 14.8. The summed E-state index contributed by atoms with van der Waals surface area (Å²) in [6.45, 7) is 4.26. The molecular weight excluding hydrogens is 248 g/mol. The van der Waals surface area contributed by atoms with Gasteiger partial charge in [0.1, 0.15) is 5.92 Å². The average Bonchev–Trinajstić information content (AvgIpc) is 2.47. The second-order valence-corrected chi connectivity index (χ2v) is 5.11. The number of nitriles is 1. The summed E-state index contributed by atoms with van der Waals surface area (Å²) in [6.07, 6.45) is 5.23. The minimum atomic E-state index is -0.711. The lowest BCUT2D eigenvalue weighted by atomic mass is 9.98. The van der Waals surface area contributed by atoms with Crippen LogP contribution >= 0.6 is 0 Å². The maximum absolute atomic E-state index is 12.3. The molecule has 0 heterocycles. The fraction of sp³-hybridized carbons (Fsp3) is 0.529. The Labute approximate surface area is 122 Å². The monoisotopic (exact) mass is 272 g/mol. The van der Waals surface area contributed by atoms with E-state index < -0.39 is 5.92 Å².